The van der Waals surface area contributed by atoms with Crippen molar-refractivity contribution in [2.75, 3.05) is 0 Å². The fraction of sp³-hybridized carbons (Fsp3) is 1.00. The summed E-state index contributed by atoms with van der Waals surface area (Å²) in [6.07, 6.45) is -0.898. The summed E-state index contributed by atoms with van der Waals surface area (Å²) in [5.74, 6) is 1.32. The zero-order valence-corrected chi connectivity index (χ0v) is 38.4. The van der Waals surface area contributed by atoms with Gasteiger partial charge in [-0.3, -0.25) is 0 Å². The van der Waals surface area contributed by atoms with Crippen LogP contribution in [-0.4, -0.2) is 44.8 Å². The first-order chi connectivity index (χ1) is 20.3. The number of hydrogen-bond donors (Lipinski definition) is 4. The lowest BCUT2D eigenvalue weighted by Gasteiger charge is -2.38. The highest BCUT2D eigenvalue weighted by molar-refractivity contribution is 4.86. The summed E-state index contributed by atoms with van der Waals surface area (Å²) in [5, 5.41) is 40.0. The molecule has 0 aromatic rings. The minimum absolute atomic E-state index is 0.00725. The fourth-order valence-corrected chi connectivity index (χ4v) is 4.89. The summed E-state index contributed by atoms with van der Waals surface area (Å²) >= 11 is 0. The first-order valence-corrected chi connectivity index (χ1v) is 19.0. The van der Waals surface area contributed by atoms with Crippen LogP contribution in [0.2, 0.25) is 0 Å². The van der Waals surface area contributed by atoms with E-state index in [1.165, 1.54) is 0 Å². The van der Waals surface area contributed by atoms with Gasteiger partial charge in [0.15, 0.2) is 0 Å². The van der Waals surface area contributed by atoms with Crippen LogP contribution in [0.15, 0.2) is 0 Å². The van der Waals surface area contributed by atoms with Crippen LogP contribution < -0.4 is 0 Å². The van der Waals surface area contributed by atoms with Crippen LogP contribution in [0.3, 0.4) is 0 Å². The van der Waals surface area contributed by atoms with E-state index in [-0.39, 0.29) is 67.7 Å². The maximum Gasteiger partial charge on any atom is 0.0618 e. The maximum absolute atomic E-state index is 9.99. The van der Waals surface area contributed by atoms with E-state index in [2.05, 4.69) is 194 Å². The second-order valence-electron chi connectivity index (χ2n) is 23.9. The molecule has 0 saturated carbocycles. The van der Waals surface area contributed by atoms with Crippen LogP contribution in [0.25, 0.3) is 0 Å². The molecule has 0 rings (SSSR count). The van der Waals surface area contributed by atoms with Crippen molar-refractivity contribution in [2.45, 2.75) is 218 Å². The monoisotopic (exact) mass is 689 g/mol. The molecule has 0 fully saturated rings. The summed E-state index contributed by atoms with van der Waals surface area (Å²) in [6.45, 7) is 59.6. The number of hydrogen-bond acceptors (Lipinski definition) is 4. The Morgan fingerprint density at radius 1 is 0.208 bits per heavy atom. The average molecular weight is 689 g/mol. The molecule has 0 aromatic carbocycles. The zero-order chi connectivity index (χ0) is 40.6. The molecular weight excluding hydrogens is 592 g/mol. The summed E-state index contributed by atoms with van der Waals surface area (Å²) < 4.78 is 0. The molecule has 0 aromatic heterocycles. The van der Waals surface area contributed by atoms with Crippen molar-refractivity contribution in [3.05, 3.63) is 0 Å². The van der Waals surface area contributed by atoms with E-state index in [1.54, 1.807) is 0 Å². The summed E-state index contributed by atoms with van der Waals surface area (Å²) in [4.78, 5) is 0. The van der Waals surface area contributed by atoms with Crippen LogP contribution in [0.5, 0.6) is 0 Å². The zero-order valence-electron chi connectivity index (χ0n) is 38.4. The van der Waals surface area contributed by atoms with E-state index in [0.717, 1.165) is 0 Å². The first kappa shape index (κ1) is 54.6. The SMILES string of the molecule is C[C@@H]([C@@H](O)C(C)(C)C)C(C)(C)C.C[C@@H]([C@H](O)C(C)(C)C)C(C)(C)C.C[C@H]([C@@H](O)C(C)(C)C)C(C)(C)C.C[C@H]([C@H](O)C(C)(C)C)C(C)(C)C. The van der Waals surface area contributed by atoms with Gasteiger partial charge in [-0.05, 0) is 67.0 Å². The fourth-order valence-electron chi connectivity index (χ4n) is 4.89. The summed E-state index contributed by atoms with van der Waals surface area (Å²) in [5.41, 5.74) is 0.720. The van der Waals surface area contributed by atoms with Crippen LogP contribution in [-0.2, 0) is 0 Å². The summed E-state index contributed by atoms with van der Waals surface area (Å²) in [7, 11) is 0. The van der Waals surface area contributed by atoms with Gasteiger partial charge in [0.25, 0.3) is 0 Å². The van der Waals surface area contributed by atoms with E-state index in [0.29, 0.717) is 23.7 Å². The van der Waals surface area contributed by atoms with Gasteiger partial charge < -0.3 is 20.4 Å². The van der Waals surface area contributed by atoms with Crippen LogP contribution >= 0.6 is 0 Å². The van der Waals surface area contributed by atoms with Crippen LogP contribution in [0.1, 0.15) is 194 Å². The standard InChI is InChI=1S/4C11H24O/c4*1-8(10(2,3)4)9(12)11(5,6)7/h4*8-9,12H,1-7H3/t2*8-,9+;2*8-,9-/m1010/s1. The Morgan fingerprint density at radius 2 is 0.292 bits per heavy atom. The molecule has 0 aliphatic carbocycles. The quantitative estimate of drug-likeness (QED) is 0.237. The Balaban J connectivity index is -0.000000269. The molecule has 0 unspecified atom stereocenters. The topological polar surface area (TPSA) is 80.9 Å². The minimum Gasteiger partial charge on any atom is -0.392 e. The lowest BCUT2D eigenvalue weighted by atomic mass is 9.71. The third-order valence-electron chi connectivity index (χ3n) is 10.9. The molecule has 0 bridgehead atoms. The van der Waals surface area contributed by atoms with Gasteiger partial charge in [0.1, 0.15) is 0 Å². The lowest BCUT2D eigenvalue weighted by Crippen LogP contribution is -2.38. The molecule has 0 amide bonds. The van der Waals surface area contributed by atoms with Gasteiger partial charge in [-0.25, -0.2) is 0 Å². The van der Waals surface area contributed by atoms with Crippen molar-refractivity contribution in [3.63, 3.8) is 0 Å². The highest BCUT2D eigenvalue weighted by atomic mass is 16.3. The highest BCUT2D eigenvalue weighted by Crippen LogP contribution is 2.38. The molecule has 0 aliphatic rings. The van der Waals surface area contributed by atoms with Gasteiger partial charge in [-0.1, -0.05) is 194 Å². The van der Waals surface area contributed by atoms with Gasteiger partial charge in [0.05, 0.1) is 24.4 Å². The first-order valence-electron chi connectivity index (χ1n) is 19.0. The smallest absolute Gasteiger partial charge is 0.0618 e. The Morgan fingerprint density at radius 3 is 0.312 bits per heavy atom. The number of rotatable bonds is 4. The normalized spacial score (nSPS) is 19.0. The molecule has 0 spiro atoms. The molecule has 4 N–H and O–H groups in total. The van der Waals surface area contributed by atoms with Crippen molar-refractivity contribution in [1.82, 2.24) is 0 Å². The van der Waals surface area contributed by atoms with E-state index in [1.807, 2.05) is 0 Å². The third-order valence-corrected chi connectivity index (χ3v) is 10.9. The largest absolute Gasteiger partial charge is 0.392 e. The molecule has 48 heavy (non-hydrogen) atoms. The predicted molar refractivity (Wildman–Crippen MR) is 216 cm³/mol. The maximum atomic E-state index is 9.99. The lowest BCUT2D eigenvalue weighted by molar-refractivity contribution is -0.0223. The number of aliphatic hydroxyl groups excluding tert-OH is 4. The second kappa shape index (κ2) is 19.1. The van der Waals surface area contributed by atoms with Crippen molar-refractivity contribution in [2.24, 2.45) is 67.0 Å². The van der Waals surface area contributed by atoms with Crippen molar-refractivity contribution < 1.29 is 20.4 Å². The molecule has 0 saturated heterocycles. The number of aliphatic hydroxyl groups is 4. The van der Waals surface area contributed by atoms with Gasteiger partial charge in [0.2, 0.25) is 0 Å². The average Bonchev–Trinajstić information content (AvgIpc) is 2.81. The van der Waals surface area contributed by atoms with Crippen molar-refractivity contribution in [1.29, 1.82) is 0 Å². The third kappa shape index (κ3) is 22.6. The van der Waals surface area contributed by atoms with E-state index < -0.39 is 0 Å². The molecule has 8 atom stereocenters. The molecule has 0 heterocycles. The van der Waals surface area contributed by atoms with E-state index in [9.17, 15) is 20.4 Å². The van der Waals surface area contributed by atoms with E-state index >= 15 is 0 Å². The van der Waals surface area contributed by atoms with Crippen LogP contribution in [0.4, 0.5) is 0 Å². The Bertz CT molecular complexity index is 616. The Kier molecular flexibility index (Phi) is 21.7. The van der Waals surface area contributed by atoms with Crippen molar-refractivity contribution in [3.8, 4) is 0 Å². The molecule has 0 radical (unpaired) electrons. The molecule has 4 heteroatoms. The predicted octanol–water partition coefficient (Wildman–Crippen LogP) is 12.3. The molecule has 296 valence electrons. The minimum atomic E-state index is -0.225. The van der Waals surface area contributed by atoms with Gasteiger partial charge in [-0.15, -0.1) is 0 Å². The Hall–Kier alpha value is -0.160. The van der Waals surface area contributed by atoms with Crippen LogP contribution in [0, 0.1) is 67.0 Å². The molecule has 0 aliphatic heterocycles. The van der Waals surface area contributed by atoms with Crippen molar-refractivity contribution >= 4 is 0 Å². The van der Waals surface area contributed by atoms with Gasteiger partial charge in [0, 0.05) is 0 Å². The summed E-state index contributed by atoms with van der Waals surface area (Å²) in [6, 6.07) is 0. The molecule has 4 nitrogen and oxygen atoms in total. The van der Waals surface area contributed by atoms with Gasteiger partial charge in [-0.2, -0.15) is 0 Å². The van der Waals surface area contributed by atoms with Gasteiger partial charge >= 0.3 is 0 Å². The molecular formula is C44H96O4. The van der Waals surface area contributed by atoms with E-state index in [4.69, 9.17) is 0 Å². The highest BCUT2D eigenvalue weighted by Gasteiger charge is 2.37. The Labute approximate surface area is 305 Å². The second-order valence-corrected chi connectivity index (χ2v) is 23.9.